The number of thioether (sulfide) groups is 1. The maximum Gasteiger partial charge on any atom is 0.283 e. The summed E-state index contributed by atoms with van der Waals surface area (Å²) in [5.41, 5.74) is 2.11. The number of carbonyl (C=O) groups is 1. The van der Waals surface area contributed by atoms with E-state index < -0.39 is 5.91 Å². The molecular weight excluding hydrogens is 556 g/mol. The first-order valence-corrected chi connectivity index (χ1v) is 13.7. The minimum atomic E-state index is -0.471. The number of ether oxygens (including phenoxy) is 3. The molecule has 4 rings (SSSR count). The largest absolute Gasteiger partial charge is 0.493 e. The number of amides is 1. The molecule has 2 aliphatic rings. The Morgan fingerprint density at radius 2 is 1.89 bits per heavy atom. The Labute approximate surface area is 229 Å². The van der Waals surface area contributed by atoms with Gasteiger partial charge in [0.2, 0.25) is 5.17 Å². The maximum atomic E-state index is 12.6. The molecule has 0 bridgehead atoms. The predicted octanol–water partition coefficient (Wildman–Crippen LogP) is 6.46. The van der Waals surface area contributed by atoms with Crippen LogP contribution in [0.3, 0.4) is 0 Å². The van der Waals surface area contributed by atoms with Crippen LogP contribution in [0.15, 0.2) is 56.5 Å². The molecule has 37 heavy (non-hydrogen) atoms. The van der Waals surface area contributed by atoms with Crippen molar-refractivity contribution in [2.75, 3.05) is 20.3 Å². The number of hydrogen-bond acceptors (Lipinski definition) is 7. The fraction of sp³-hybridized carbons (Fsp3) is 0.333. The second kappa shape index (κ2) is 12.0. The van der Waals surface area contributed by atoms with Gasteiger partial charge in [0, 0.05) is 0 Å². The summed E-state index contributed by atoms with van der Waals surface area (Å²) in [5.74, 6) is 1.85. The van der Waals surface area contributed by atoms with E-state index in [0.717, 1.165) is 17.2 Å². The van der Waals surface area contributed by atoms with Crippen LogP contribution in [0.25, 0.3) is 6.08 Å². The third kappa shape index (κ3) is 6.07. The molecular formula is C27H29BrN4O4S. The first kappa shape index (κ1) is 26.9. The average molecular weight is 586 g/mol. The monoisotopic (exact) mass is 584 g/mol. The minimum Gasteiger partial charge on any atom is -0.493 e. The number of hydrogen-bond donors (Lipinski definition) is 1. The summed E-state index contributed by atoms with van der Waals surface area (Å²) in [6, 6.07) is 11.7. The Morgan fingerprint density at radius 1 is 1.16 bits per heavy atom. The number of benzene rings is 2. The van der Waals surface area contributed by atoms with Crippen LogP contribution < -0.4 is 14.2 Å². The molecule has 194 valence electrons. The highest BCUT2D eigenvalue weighted by Gasteiger charge is 2.35. The summed E-state index contributed by atoms with van der Waals surface area (Å²) in [6.07, 6.45) is 3.42. The van der Waals surface area contributed by atoms with Crippen molar-refractivity contribution in [3.05, 3.63) is 57.6 Å². The van der Waals surface area contributed by atoms with Crippen molar-refractivity contribution in [2.24, 2.45) is 10.1 Å². The highest BCUT2D eigenvalue weighted by molar-refractivity contribution is 9.10. The first-order chi connectivity index (χ1) is 17.8. The van der Waals surface area contributed by atoms with Crippen LogP contribution in [-0.4, -0.2) is 47.3 Å². The second-order valence-corrected chi connectivity index (χ2v) is 10.4. The predicted molar refractivity (Wildman–Crippen MR) is 152 cm³/mol. The van der Waals surface area contributed by atoms with Crippen LogP contribution in [0, 0.1) is 5.41 Å². The third-order valence-electron chi connectivity index (χ3n) is 6.02. The van der Waals surface area contributed by atoms with Gasteiger partial charge >= 0.3 is 0 Å². The summed E-state index contributed by atoms with van der Waals surface area (Å²) in [4.78, 5) is 16.7. The molecule has 2 aliphatic heterocycles. The Morgan fingerprint density at radius 3 is 2.57 bits per heavy atom. The Balaban J connectivity index is 1.43. The number of fused-ring (bicyclic) bond motifs is 1. The Bertz CT molecular complexity index is 1290. The average Bonchev–Trinajstić information content (AvgIpc) is 3.32. The van der Waals surface area contributed by atoms with E-state index in [0.29, 0.717) is 52.3 Å². The summed E-state index contributed by atoms with van der Waals surface area (Å²) in [5, 5.41) is 15.5. The highest BCUT2D eigenvalue weighted by atomic mass is 79.9. The highest BCUT2D eigenvalue weighted by Crippen LogP contribution is 2.38. The molecule has 10 heteroatoms. The van der Waals surface area contributed by atoms with E-state index in [-0.39, 0.29) is 11.4 Å². The lowest BCUT2D eigenvalue weighted by Crippen LogP contribution is -2.35. The minimum absolute atomic E-state index is 0.00398. The van der Waals surface area contributed by atoms with Crippen LogP contribution in [0.1, 0.15) is 50.7 Å². The molecule has 0 saturated carbocycles. The lowest BCUT2D eigenvalue weighted by molar-refractivity contribution is -0.114. The molecule has 2 heterocycles. The van der Waals surface area contributed by atoms with Crippen LogP contribution in [0.5, 0.6) is 17.2 Å². The van der Waals surface area contributed by atoms with E-state index in [2.05, 4.69) is 52.0 Å². The number of carbonyl (C=O) groups excluding carboxylic acids is 1. The summed E-state index contributed by atoms with van der Waals surface area (Å²) >= 11 is 4.86. The van der Waals surface area contributed by atoms with E-state index in [1.165, 1.54) is 22.3 Å². The number of methoxy groups -OCH3 is 1. The van der Waals surface area contributed by atoms with E-state index in [1.807, 2.05) is 19.1 Å². The van der Waals surface area contributed by atoms with Gasteiger partial charge in [-0.05, 0) is 87.9 Å². The lowest BCUT2D eigenvalue weighted by Gasteiger charge is -2.20. The van der Waals surface area contributed by atoms with Gasteiger partial charge in [-0.1, -0.05) is 32.9 Å². The van der Waals surface area contributed by atoms with Gasteiger partial charge in [0.1, 0.15) is 24.0 Å². The standard InChI is InChI=1S/C27H29BrN4O4S/c1-5-16(3)18-7-9-19(10-8-18)35-11-12-36-24-21(28)14-17(15-22(24)34-4)13-20-25(29)32-27(30-26(20)33)37-23(6-2)31-32/h7-10,13-16,29H,5-6,11-12H2,1-4H3/b20-13-,29-25?/t16-/m0/s1. The van der Waals surface area contributed by atoms with Crippen molar-refractivity contribution < 1.29 is 19.0 Å². The molecule has 0 aliphatic carbocycles. The molecule has 0 aromatic heterocycles. The van der Waals surface area contributed by atoms with Gasteiger partial charge in [-0.15, -0.1) is 0 Å². The zero-order valence-electron chi connectivity index (χ0n) is 21.2. The number of rotatable bonds is 10. The number of nitrogens with zero attached hydrogens (tertiary/aromatic N) is 3. The van der Waals surface area contributed by atoms with Crippen molar-refractivity contribution >= 4 is 55.7 Å². The molecule has 1 N–H and O–H groups in total. The number of amidine groups is 2. The van der Waals surface area contributed by atoms with Crippen molar-refractivity contribution in [3.63, 3.8) is 0 Å². The summed E-state index contributed by atoms with van der Waals surface area (Å²) in [6.45, 7) is 7.03. The number of hydrazone groups is 1. The van der Waals surface area contributed by atoms with Crippen molar-refractivity contribution in [1.29, 1.82) is 5.41 Å². The number of nitrogens with one attached hydrogen (secondary N) is 1. The quantitative estimate of drug-likeness (QED) is 0.254. The van der Waals surface area contributed by atoms with Crippen molar-refractivity contribution in [1.82, 2.24) is 5.01 Å². The van der Waals surface area contributed by atoms with Crippen LogP contribution in [0.4, 0.5) is 0 Å². The third-order valence-corrected chi connectivity index (χ3v) is 7.66. The van der Waals surface area contributed by atoms with E-state index in [4.69, 9.17) is 19.6 Å². The smallest absolute Gasteiger partial charge is 0.283 e. The molecule has 0 radical (unpaired) electrons. The molecule has 0 spiro atoms. The van der Waals surface area contributed by atoms with E-state index in [1.54, 1.807) is 25.3 Å². The molecule has 0 fully saturated rings. The van der Waals surface area contributed by atoms with Gasteiger partial charge in [-0.3, -0.25) is 10.2 Å². The van der Waals surface area contributed by atoms with Gasteiger partial charge in [-0.2, -0.15) is 15.1 Å². The fourth-order valence-electron chi connectivity index (χ4n) is 3.74. The zero-order valence-corrected chi connectivity index (χ0v) is 23.6. The van der Waals surface area contributed by atoms with Crippen molar-refractivity contribution in [3.8, 4) is 17.2 Å². The van der Waals surface area contributed by atoms with Gasteiger partial charge in [0.15, 0.2) is 17.3 Å². The van der Waals surface area contributed by atoms with Crippen molar-refractivity contribution in [2.45, 2.75) is 39.5 Å². The zero-order chi connectivity index (χ0) is 26.5. The molecule has 0 saturated heterocycles. The molecule has 0 unspecified atom stereocenters. The number of halogens is 1. The van der Waals surface area contributed by atoms with Gasteiger partial charge in [0.25, 0.3) is 5.91 Å². The van der Waals surface area contributed by atoms with Gasteiger partial charge < -0.3 is 14.2 Å². The van der Waals surface area contributed by atoms with Crippen LogP contribution in [-0.2, 0) is 4.79 Å². The molecule has 2 aromatic rings. The molecule has 1 amide bonds. The topological polar surface area (TPSA) is 96.6 Å². The Kier molecular flexibility index (Phi) is 8.71. The first-order valence-electron chi connectivity index (χ1n) is 12.1. The molecule has 8 nitrogen and oxygen atoms in total. The summed E-state index contributed by atoms with van der Waals surface area (Å²) < 4.78 is 18.0. The molecule has 2 aromatic carbocycles. The van der Waals surface area contributed by atoms with Crippen LogP contribution >= 0.6 is 27.7 Å². The normalized spacial score (nSPS) is 16.9. The molecule has 1 atom stereocenters. The van der Waals surface area contributed by atoms with E-state index in [9.17, 15) is 4.79 Å². The second-order valence-electron chi connectivity index (χ2n) is 8.48. The maximum absolute atomic E-state index is 12.6. The van der Waals surface area contributed by atoms with Gasteiger partial charge in [0.05, 0.1) is 17.2 Å². The summed E-state index contributed by atoms with van der Waals surface area (Å²) in [7, 11) is 1.55. The number of aliphatic imine (C=N–C) groups is 1. The SMILES string of the molecule is CCC1=NN2C(=N)/C(=C/c3cc(Br)c(OCCOc4ccc([C@@H](C)CC)cc4)c(OC)c3)C(=O)N=C2S1. The fourth-order valence-corrected chi connectivity index (χ4v) is 5.13. The van der Waals surface area contributed by atoms with Crippen LogP contribution in [0.2, 0.25) is 0 Å². The lowest BCUT2D eigenvalue weighted by atomic mass is 9.99. The van der Waals surface area contributed by atoms with Gasteiger partial charge in [-0.25, -0.2) is 0 Å². The van der Waals surface area contributed by atoms with E-state index >= 15 is 0 Å². The Hall–Kier alpha value is -3.11.